The van der Waals surface area contributed by atoms with Crippen LogP contribution >= 0.6 is 0 Å². The molecule has 0 saturated carbocycles. The first-order valence-electron chi connectivity index (χ1n) is 4.08. The van der Waals surface area contributed by atoms with Crippen molar-refractivity contribution in [3.63, 3.8) is 0 Å². The molecule has 1 fully saturated rings. The molecular weight excluding hydrogens is 154 g/mol. The third kappa shape index (κ3) is 2.45. The van der Waals surface area contributed by atoms with Crippen molar-refractivity contribution < 1.29 is 5.11 Å². The van der Waals surface area contributed by atoms with E-state index >= 15 is 0 Å². The van der Waals surface area contributed by atoms with Crippen molar-refractivity contribution in [1.29, 1.82) is 5.26 Å². The number of piperazine rings is 1. The maximum Gasteiger partial charge on any atom is 0.107 e. The molecule has 1 saturated heterocycles. The molecule has 0 bridgehead atoms. The number of aliphatic hydroxyl groups excluding tert-OH is 1. The lowest BCUT2D eigenvalue weighted by Crippen LogP contribution is -2.49. The van der Waals surface area contributed by atoms with Crippen molar-refractivity contribution in [2.24, 2.45) is 0 Å². The molecule has 1 heterocycles. The second-order valence-corrected chi connectivity index (χ2v) is 2.95. The van der Waals surface area contributed by atoms with Gasteiger partial charge >= 0.3 is 0 Å². The van der Waals surface area contributed by atoms with Gasteiger partial charge in [-0.2, -0.15) is 5.26 Å². The van der Waals surface area contributed by atoms with Gasteiger partial charge in [0.1, 0.15) is 6.23 Å². The summed E-state index contributed by atoms with van der Waals surface area (Å²) in [6.45, 7) is 7.31. The maximum atomic E-state index is 9.12. The molecule has 67 valence electrons. The van der Waals surface area contributed by atoms with E-state index in [9.17, 15) is 0 Å². The lowest BCUT2D eigenvalue weighted by molar-refractivity contribution is 0.00646. The summed E-state index contributed by atoms with van der Waals surface area (Å²) in [5, 5.41) is 17.6. The minimum absolute atomic E-state index is 0.487. The second kappa shape index (κ2) is 4.41. The first kappa shape index (κ1) is 9.46. The van der Waals surface area contributed by atoms with E-state index < -0.39 is 6.23 Å². The quantitative estimate of drug-likeness (QED) is 0.553. The molecule has 1 unspecified atom stereocenters. The van der Waals surface area contributed by atoms with Gasteiger partial charge in [0.2, 0.25) is 0 Å². The molecule has 0 aromatic carbocycles. The Bertz CT molecular complexity index is 168. The molecule has 4 nitrogen and oxygen atoms in total. The zero-order valence-corrected chi connectivity index (χ0v) is 7.11. The Balaban J connectivity index is 2.26. The van der Waals surface area contributed by atoms with E-state index in [0.717, 1.165) is 26.2 Å². The van der Waals surface area contributed by atoms with Crippen LogP contribution in [0, 0.1) is 18.3 Å². The summed E-state index contributed by atoms with van der Waals surface area (Å²) < 4.78 is 0. The van der Waals surface area contributed by atoms with Crippen molar-refractivity contribution in [3.8, 4) is 6.07 Å². The molecule has 0 aliphatic carbocycles. The smallest absolute Gasteiger partial charge is 0.107 e. The fraction of sp³-hybridized carbons (Fsp3) is 0.750. The van der Waals surface area contributed by atoms with E-state index in [1.54, 1.807) is 0 Å². The Morgan fingerprint density at radius 3 is 2.42 bits per heavy atom. The fourth-order valence-electron chi connectivity index (χ4n) is 1.32. The molecule has 1 atom stereocenters. The van der Waals surface area contributed by atoms with Crippen LogP contribution in [0.2, 0.25) is 0 Å². The van der Waals surface area contributed by atoms with Crippen molar-refractivity contribution >= 4 is 0 Å². The van der Waals surface area contributed by atoms with Gasteiger partial charge in [-0.05, 0) is 6.92 Å². The highest BCUT2D eigenvalue weighted by atomic mass is 16.3. The van der Waals surface area contributed by atoms with Crippen LogP contribution in [0.15, 0.2) is 0 Å². The van der Waals surface area contributed by atoms with E-state index in [1.807, 2.05) is 4.90 Å². The molecule has 1 N–H and O–H groups in total. The molecule has 4 heteroatoms. The Hall–Kier alpha value is -0.630. The summed E-state index contributed by atoms with van der Waals surface area (Å²) in [5.74, 6) is 0. The summed E-state index contributed by atoms with van der Waals surface area (Å²) in [7, 11) is 0. The monoisotopic (exact) mass is 168 g/mol. The molecule has 1 rings (SSSR count). The van der Waals surface area contributed by atoms with Crippen LogP contribution in [-0.2, 0) is 0 Å². The van der Waals surface area contributed by atoms with E-state index in [-0.39, 0.29) is 0 Å². The minimum atomic E-state index is -0.603. The normalized spacial score (nSPS) is 23.4. The van der Waals surface area contributed by atoms with E-state index in [2.05, 4.69) is 17.9 Å². The summed E-state index contributed by atoms with van der Waals surface area (Å²) in [4.78, 5) is 3.97. The highest BCUT2D eigenvalue weighted by Crippen LogP contribution is 2.02. The van der Waals surface area contributed by atoms with Crippen molar-refractivity contribution in [3.05, 3.63) is 6.92 Å². The number of rotatable bonds is 2. The molecule has 12 heavy (non-hydrogen) atoms. The van der Waals surface area contributed by atoms with Gasteiger partial charge in [-0.15, -0.1) is 0 Å². The zero-order valence-electron chi connectivity index (χ0n) is 7.11. The third-order valence-electron chi connectivity index (χ3n) is 2.12. The number of aliphatic hydroxyl groups is 1. The fourth-order valence-corrected chi connectivity index (χ4v) is 1.32. The second-order valence-electron chi connectivity index (χ2n) is 2.95. The van der Waals surface area contributed by atoms with Gasteiger partial charge in [0.15, 0.2) is 0 Å². The van der Waals surface area contributed by atoms with Crippen LogP contribution in [0.25, 0.3) is 0 Å². The van der Waals surface area contributed by atoms with Crippen molar-refractivity contribution in [1.82, 2.24) is 9.80 Å². The predicted molar refractivity (Wildman–Crippen MR) is 45.0 cm³/mol. The van der Waals surface area contributed by atoms with E-state index in [4.69, 9.17) is 10.4 Å². The highest BCUT2D eigenvalue weighted by molar-refractivity contribution is 4.81. The first-order valence-corrected chi connectivity index (χ1v) is 4.08. The van der Waals surface area contributed by atoms with Gasteiger partial charge in [-0.1, -0.05) is 0 Å². The number of nitrogens with zero attached hydrogens (tertiary/aromatic N) is 3. The van der Waals surface area contributed by atoms with Crippen LogP contribution in [0.5, 0.6) is 0 Å². The van der Waals surface area contributed by atoms with Crippen LogP contribution in [0.1, 0.15) is 0 Å². The number of nitriles is 1. The molecule has 0 amide bonds. The molecule has 1 radical (unpaired) electrons. The molecule has 0 spiro atoms. The van der Waals surface area contributed by atoms with Gasteiger partial charge in [0, 0.05) is 26.2 Å². The minimum Gasteiger partial charge on any atom is -0.378 e. The van der Waals surface area contributed by atoms with Gasteiger partial charge in [0.05, 0.1) is 12.6 Å². The molecular formula is C8H14N3O. The Labute approximate surface area is 73.0 Å². The van der Waals surface area contributed by atoms with Gasteiger partial charge in [0.25, 0.3) is 0 Å². The zero-order chi connectivity index (χ0) is 8.97. The first-order chi connectivity index (χ1) is 5.74. The lowest BCUT2D eigenvalue weighted by Gasteiger charge is -2.34. The molecule has 0 aromatic rings. The van der Waals surface area contributed by atoms with E-state index in [0.29, 0.717) is 6.54 Å². The maximum absolute atomic E-state index is 9.12. The molecule has 1 aliphatic rings. The average Bonchev–Trinajstić information content (AvgIpc) is 2.06. The van der Waals surface area contributed by atoms with Crippen molar-refractivity contribution in [2.45, 2.75) is 6.23 Å². The van der Waals surface area contributed by atoms with Crippen LogP contribution < -0.4 is 0 Å². The Kier molecular flexibility index (Phi) is 3.48. The highest BCUT2D eigenvalue weighted by Gasteiger charge is 2.18. The van der Waals surface area contributed by atoms with E-state index in [1.165, 1.54) is 0 Å². The Morgan fingerprint density at radius 2 is 2.00 bits per heavy atom. The average molecular weight is 168 g/mol. The summed E-state index contributed by atoms with van der Waals surface area (Å²) >= 11 is 0. The topological polar surface area (TPSA) is 50.5 Å². The van der Waals surface area contributed by atoms with Crippen LogP contribution in [-0.4, -0.2) is 53.9 Å². The SMILES string of the molecule is [CH2]C(O)N1CCN(CC#N)CC1. The largest absolute Gasteiger partial charge is 0.378 e. The third-order valence-corrected chi connectivity index (χ3v) is 2.12. The lowest BCUT2D eigenvalue weighted by atomic mass is 10.3. The predicted octanol–water partition coefficient (Wildman–Crippen LogP) is -0.720. The summed E-state index contributed by atoms with van der Waals surface area (Å²) in [6, 6.07) is 2.11. The van der Waals surface area contributed by atoms with Crippen molar-refractivity contribution in [2.75, 3.05) is 32.7 Å². The number of hydrogen-bond donors (Lipinski definition) is 1. The summed E-state index contributed by atoms with van der Waals surface area (Å²) in [6.07, 6.45) is -0.603. The molecule has 1 aliphatic heterocycles. The van der Waals surface area contributed by atoms with Gasteiger partial charge < -0.3 is 5.11 Å². The standard InChI is InChI=1S/C8H14N3O/c1-8(12)11-6-4-10(3-2-9)5-7-11/h8,12H,1,3-7H2. The molecule has 0 aromatic heterocycles. The van der Waals surface area contributed by atoms with Crippen LogP contribution in [0.3, 0.4) is 0 Å². The van der Waals surface area contributed by atoms with Gasteiger partial charge in [-0.25, -0.2) is 0 Å². The Morgan fingerprint density at radius 1 is 1.42 bits per heavy atom. The van der Waals surface area contributed by atoms with Gasteiger partial charge in [-0.3, -0.25) is 9.80 Å². The number of hydrogen-bond acceptors (Lipinski definition) is 4. The van der Waals surface area contributed by atoms with Crippen LogP contribution in [0.4, 0.5) is 0 Å². The summed E-state index contributed by atoms with van der Waals surface area (Å²) in [5.41, 5.74) is 0.